The fourth-order valence-corrected chi connectivity index (χ4v) is 2.22. The van der Waals surface area contributed by atoms with Crippen LogP contribution >= 0.6 is 0 Å². The van der Waals surface area contributed by atoms with E-state index in [1.54, 1.807) is 0 Å². The van der Waals surface area contributed by atoms with Crippen molar-refractivity contribution in [3.05, 3.63) is 71.3 Å². The number of aryl methyl sites for hydroxylation is 1. The van der Waals surface area contributed by atoms with E-state index in [9.17, 15) is 5.11 Å². The van der Waals surface area contributed by atoms with E-state index in [2.05, 4.69) is 37.3 Å². The van der Waals surface area contributed by atoms with Gasteiger partial charge in [-0.1, -0.05) is 68.0 Å². The highest BCUT2D eigenvalue weighted by Gasteiger charge is 2.01. The standard InChI is InChI=1S/C19H22O/c1-2-3-8-17-13-14-19(20)18(15-17)12-7-11-16-9-5-4-6-10-16/h4-7,9-11,13-15,20H,2-3,8,12H2,1H3/b11-7+. The molecule has 0 unspecified atom stereocenters. The van der Waals surface area contributed by atoms with Crippen molar-refractivity contribution in [3.63, 3.8) is 0 Å². The lowest BCUT2D eigenvalue weighted by Crippen LogP contribution is -1.89. The number of unbranched alkanes of at least 4 members (excludes halogenated alkanes) is 1. The topological polar surface area (TPSA) is 20.2 Å². The zero-order chi connectivity index (χ0) is 14.2. The van der Waals surface area contributed by atoms with Crippen LogP contribution in [0.25, 0.3) is 6.08 Å². The molecule has 0 aliphatic rings. The number of allylic oxidation sites excluding steroid dienone is 1. The second-order valence-electron chi connectivity index (χ2n) is 5.08. The Balaban J connectivity index is 2.03. The Morgan fingerprint density at radius 2 is 1.85 bits per heavy atom. The summed E-state index contributed by atoms with van der Waals surface area (Å²) in [4.78, 5) is 0. The predicted molar refractivity (Wildman–Crippen MR) is 85.9 cm³/mol. The summed E-state index contributed by atoms with van der Waals surface area (Å²) in [7, 11) is 0. The molecule has 0 bridgehead atoms. The first-order valence-electron chi connectivity index (χ1n) is 7.32. The lowest BCUT2D eigenvalue weighted by atomic mass is 10.0. The van der Waals surface area contributed by atoms with Crippen molar-refractivity contribution >= 4 is 6.08 Å². The third-order valence-corrected chi connectivity index (χ3v) is 3.41. The molecule has 2 aromatic carbocycles. The van der Waals surface area contributed by atoms with Crippen LogP contribution in [0.4, 0.5) is 0 Å². The van der Waals surface area contributed by atoms with E-state index in [0.717, 1.165) is 18.4 Å². The van der Waals surface area contributed by atoms with Crippen LogP contribution in [0.1, 0.15) is 36.5 Å². The molecule has 104 valence electrons. The highest BCUT2D eigenvalue weighted by atomic mass is 16.3. The zero-order valence-corrected chi connectivity index (χ0v) is 12.0. The highest BCUT2D eigenvalue weighted by molar-refractivity contribution is 5.50. The monoisotopic (exact) mass is 266 g/mol. The molecule has 0 radical (unpaired) electrons. The summed E-state index contributed by atoms with van der Waals surface area (Å²) >= 11 is 0. The minimum Gasteiger partial charge on any atom is -0.508 e. The van der Waals surface area contributed by atoms with Gasteiger partial charge in [-0.05, 0) is 42.0 Å². The van der Waals surface area contributed by atoms with Gasteiger partial charge >= 0.3 is 0 Å². The van der Waals surface area contributed by atoms with Crippen LogP contribution in [0.2, 0.25) is 0 Å². The number of hydrogen-bond acceptors (Lipinski definition) is 1. The maximum Gasteiger partial charge on any atom is 0.119 e. The first-order chi connectivity index (χ1) is 9.79. The van der Waals surface area contributed by atoms with Crippen LogP contribution in [-0.4, -0.2) is 5.11 Å². The van der Waals surface area contributed by atoms with Crippen LogP contribution in [0.15, 0.2) is 54.6 Å². The van der Waals surface area contributed by atoms with E-state index < -0.39 is 0 Å². The Labute approximate surface area is 121 Å². The predicted octanol–water partition coefficient (Wildman–Crippen LogP) is 4.99. The SMILES string of the molecule is CCCCc1ccc(O)c(C/C=C/c2ccccc2)c1. The minimum absolute atomic E-state index is 0.392. The van der Waals surface area contributed by atoms with Crippen LogP contribution in [0.3, 0.4) is 0 Å². The molecule has 1 heteroatoms. The van der Waals surface area contributed by atoms with Crippen molar-refractivity contribution < 1.29 is 5.11 Å². The molecule has 1 nitrogen and oxygen atoms in total. The number of rotatable bonds is 6. The maximum atomic E-state index is 9.92. The van der Waals surface area contributed by atoms with Crippen LogP contribution in [-0.2, 0) is 12.8 Å². The molecule has 1 N–H and O–H groups in total. The summed E-state index contributed by atoms with van der Waals surface area (Å²) in [6, 6.07) is 16.2. The molecule has 2 rings (SSSR count). The van der Waals surface area contributed by atoms with Crippen molar-refractivity contribution in [2.45, 2.75) is 32.6 Å². The summed E-state index contributed by atoms with van der Waals surface area (Å²) in [5, 5.41) is 9.92. The van der Waals surface area contributed by atoms with Gasteiger partial charge in [0.25, 0.3) is 0 Å². The van der Waals surface area contributed by atoms with E-state index in [-0.39, 0.29) is 0 Å². The molecular weight excluding hydrogens is 244 g/mol. The van der Waals surface area contributed by atoms with E-state index in [0.29, 0.717) is 5.75 Å². The lowest BCUT2D eigenvalue weighted by molar-refractivity contribution is 0.469. The molecule has 0 spiro atoms. The van der Waals surface area contributed by atoms with Crippen LogP contribution < -0.4 is 0 Å². The average molecular weight is 266 g/mol. The van der Waals surface area contributed by atoms with Gasteiger partial charge in [0.15, 0.2) is 0 Å². The molecule has 0 amide bonds. The van der Waals surface area contributed by atoms with Gasteiger partial charge in [-0.3, -0.25) is 0 Å². The van der Waals surface area contributed by atoms with Gasteiger partial charge in [0.05, 0.1) is 0 Å². The third kappa shape index (κ3) is 4.27. The molecule has 0 saturated heterocycles. The molecule has 0 saturated carbocycles. The van der Waals surface area contributed by atoms with Crippen molar-refractivity contribution in [1.29, 1.82) is 0 Å². The summed E-state index contributed by atoms with van der Waals surface area (Å²) in [5.41, 5.74) is 3.51. The van der Waals surface area contributed by atoms with Gasteiger partial charge in [-0.25, -0.2) is 0 Å². The van der Waals surface area contributed by atoms with Crippen molar-refractivity contribution in [2.75, 3.05) is 0 Å². The highest BCUT2D eigenvalue weighted by Crippen LogP contribution is 2.21. The molecule has 0 fully saturated rings. The summed E-state index contributed by atoms with van der Waals surface area (Å²) in [6.07, 6.45) is 8.45. The summed E-state index contributed by atoms with van der Waals surface area (Å²) < 4.78 is 0. The first kappa shape index (κ1) is 14.4. The third-order valence-electron chi connectivity index (χ3n) is 3.41. The number of phenols is 1. The molecule has 0 heterocycles. The van der Waals surface area contributed by atoms with Gasteiger partial charge in [-0.2, -0.15) is 0 Å². The number of aromatic hydroxyl groups is 1. The van der Waals surface area contributed by atoms with E-state index in [1.165, 1.54) is 24.0 Å². The molecule has 0 aliphatic heterocycles. The number of benzene rings is 2. The quantitative estimate of drug-likeness (QED) is 0.781. The Hall–Kier alpha value is -2.02. The maximum absolute atomic E-state index is 9.92. The fourth-order valence-electron chi connectivity index (χ4n) is 2.22. The second-order valence-corrected chi connectivity index (χ2v) is 5.08. The van der Waals surface area contributed by atoms with Gasteiger partial charge < -0.3 is 5.11 Å². The Morgan fingerprint density at radius 1 is 1.05 bits per heavy atom. The van der Waals surface area contributed by atoms with E-state index >= 15 is 0 Å². The van der Waals surface area contributed by atoms with E-state index in [4.69, 9.17) is 0 Å². The van der Waals surface area contributed by atoms with Gasteiger partial charge in [0.1, 0.15) is 5.75 Å². The van der Waals surface area contributed by atoms with Gasteiger partial charge in [-0.15, -0.1) is 0 Å². The van der Waals surface area contributed by atoms with Crippen molar-refractivity contribution in [1.82, 2.24) is 0 Å². The summed E-state index contributed by atoms with van der Waals surface area (Å²) in [5.74, 6) is 0.392. The molecule has 0 atom stereocenters. The Morgan fingerprint density at radius 3 is 2.60 bits per heavy atom. The number of hydrogen-bond donors (Lipinski definition) is 1. The summed E-state index contributed by atoms with van der Waals surface area (Å²) in [6.45, 7) is 2.20. The molecule has 2 aromatic rings. The Kier molecular flexibility index (Phi) is 5.43. The molecular formula is C19H22O. The minimum atomic E-state index is 0.392. The molecule has 0 aliphatic carbocycles. The largest absolute Gasteiger partial charge is 0.508 e. The van der Waals surface area contributed by atoms with Gasteiger partial charge in [0.2, 0.25) is 0 Å². The second kappa shape index (κ2) is 7.54. The number of phenolic OH excluding ortho intramolecular Hbond substituents is 1. The average Bonchev–Trinajstić information content (AvgIpc) is 2.49. The van der Waals surface area contributed by atoms with Crippen LogP contribution in [0, 0.1) is 0 Å². The lowest BCUT2D eigenvalue weighted by Gasteiger charge is -2.06. The fraction of sp³-hybridized carbons (Fsp3) is 0.263. The molecule has 20 heavy (non-hydrogen) atoms. The van der Waals surface area contributed by atoms with Crippen molar-refractivity contribution in [3.8, 4) is 5.75 Å². The van der Waals surface area contributed by atoms with E-state index in [1.807, 2.05) is 30.3 Å². The molecule has 0 aromatic heterocycles. The normalized spacial score (nSPS) is 11.1. The van der Waals surface area contributed by atoms with Crippen molar-refractivity contribution in [2.24, 2.45) is 0 Å². The zero-order valence-electron chi connectivity index (χ0n) is 12.0. The Bertz CT molecular complexity index is 555. The smallest absolute Gasteiger partial charge is 0.119 e. The van der Waals surface area contributed by atoms with Crippen LogP contribution in [0.5, 0.6) is 5.75 Å². The van der Waals surface area contributed by atoms with Gasteiger partial charge in [0, 0.05) is 0 Å². The first-order valence-corrected chi connectivity index (χ1v) is 7.32.